The third-order valence-electron chi connectivity index (χ3n) is 7.28. The van der Waals surface area contributed by atoms with Gasteiger partial charge in [0, 0.05) is 36.3 Å². The summed E-state index contributed by atoms with van der Waals surface area (Å²) in [4.78, 5) is 30.6. The quantitative estimate of drug-likeness (QED) is 0.725. The van der Waals surface area contributed by atoms with Crippen LogP contribution >= 0.6 is 11.6 Å². The number of hydrogen-bond donors (Lipinski definition) is 0. The molecule has 2 heterocycles. The number of benzene rings is 2. The lowest BCUT2D eigenvalue weighted by Crippen LogP contribution is -2.54. The minimum Gasteiger partial charge on any atom is -0.342 e. The van der Waals surface area contributed by atoms with Crippen molar-refractivity contribution in [2.45, 2.75) is 43.9 Å². The molecule has 2 aromatic carbocycles. The number of hydrogen-bond acceptors (Lipinski definition) is 2. The molecule has 0 atom stereocenters. The van der Waals surface area contributed by atoms with Crippen LogP contribution in [0.15, 0.2) is 48.5 Å². The van der Waals surface area contributed by atoms with E-state index in [0.29, 0.717) is 18.1 Å². The molecule has 0 unspecified atom stereocenters. The Bertz CT molecular complexity index is 977. The standard InChI is InChI=1S/C25H27ClN2O2/c26-21-7-3-6-20(17-21)25(12-4-13-25)24(30)27-14-9-19(10-15-27)23(29)28-16-11-18-5-1-2-8-22(18)28/h1-3,5-8,17,19H,4,9-16H2. The number of halogens is 1. The third-order valence-corrected chi connectivity index (χ3v) is 7.51. The highest BCUT2D eigenvalue weighted by molar-refractivity contribution is 6.30. The van der Waals surface area contributed by atoms with Gasteiger partial charge in [0.2, 0.25) is 11.8 Å². The fraction of sp³-hybridized carbons (Fsp3) is 0.440. The average molecular weight is 423 g/mol. The van der Waals surface area contributed by atoms with Gasteiger partial charge in [-0.1, -0.05) is 48.4 Å². The van der Waals surface area contributed by atoms with Crippen molar-refractivity contribution in [2.75, 3.05) is 24.5 Å². The van der Waals surface area contributed by atoms with E-state index in [-0.39, 0.29) is 17.7 Å². The SMILES string of the molecule is O=C(C1CCN(C(=O)C2(c3cccc(Cl)c3)CCC2)CC1)N1CCc2ccccc21. The summed E-state index contributed by atoms with van der Waals surface area (Å²) in [6, 6.07) is 16.0. The maximum atomic E-state index is 13.5. The minimum absolute atomic E-state index is 0.00344. The summed E-state index contributed by atoms with van der Waals surface area (Å²) in [7, 11) is 0. The van der Waals surface area contributed by atoms with E-state index in [9.17, 15) is 9.59 Å². The number of fused-ring (bicyclic) bond motifs is 1. The van der Waals surface area contributed by atoms with Gasteiger partial charge in [-0.2, -0.15) is 0 Å². The molecule has 0 bridgehead atoms. The average Bonchev–Trinajstić information content (AvgIpc) is 3.17. The smallest absolute Gasteiger partial charge is 0.233 e. The van der Waals surface area contributed by atoms with Crippen LogP contribution in [0.3, 0.4) is 0 Å². The van der Waals surface area contributed by atoms with Crippen LogP contribution in [-0.2, 0) is 21.4 Å². The second kappa shape index (κ2) is 7.73. The van der Waals surface area contributed by atoms with Gasteiger partial charge in [-0.25, -0.2) is 0 Å². The highest BCUT2D eigenvalue weighted by Gasteiger charge is 2.48. The monoisotopic (exact) mass is 422 g/mol. The van der Waals surface area contributed by atoms with Crippen molar-refractivity contribution in [2.24, 2.45) is 5.92 Å². The summed E-state index contributed by atoms with van der Waals surface area (Å²) in [6.45, 7) is 2.09. The molecule has 156 valence electrons. The topological polar surface area (TPSA) is 40.6 Å². The van der Waals surface area contributed by atoms with Gasteiger partial charge in [-0.3, -0.25) is 9.59 Å². The summed E-state index contributed by atoms with van der Waals surface area (Å²) in [5.74, 6) is 0.442. The van der Waals surface area contributed by atoms with Gasteiger partial charge in [0.1, 0.15) is 0 Å². The van der Waals surface area contributed by atoms with E-state index >= 15 is 0 Å². The van der Waals surface area contributed by atoms with Gasteiger partial charge in [0.05, 0.1) is 5.41 Å². The van der Waals surface area contributed by atoms with Crippen LogP contribution in [0, 0.1) is 5.92 Å². The van der Waals surface area contributed by atoms with Gasteiger partial charge in [0.15, 0.2) is 0 Å². The molecule has 0 radical (unpaired) electrons. The minimum atomic E-state index is -0.421. The Morgan fingerprint density at radius 2 is 1.73 bits per heavy atom. The van der Waals surface area contributed by atoms with Gasteiger partial charge in [-0.05, 0) is 61.4 Å². The van der Waals surface area contributed by atoms with E-state index in [0.717, 1.165) is 56.3 Å². The molecule has 3 aliphatic rings. The van der Waals surface area contributed by atoms with Crippen LogP contribution in [0.5, 0.6) is 0 Å². The first kappa shape index (κ1) is 19.6. The zero-order valence-electron chi connectivity index (χ0n) is 17.1. The van der Waals surface area contributed by atoms with Crippen molar-refractivity contribution in [3.63, 3.8) is 0 Å². The van der Waals surface area contributed by atoms with Crippen molar-refractivity contribution >= 4 is 29.1 Å². The highest BCUT2D eigenvalue weighted by atomic mass is 35.5. The molecule has 2 fully saturated rings. The number of carbonyl (C=O) groups is 2. The van der Waals surface area contributed by atoms with E-state index in [2.05, 4.69) is 6.07 Å². The number of para-hydroxylation sites is 1. The lowest BCUT2D eigenvalue weighted by Gasteiger charge is -2.45. The molecule has 2 amide bonds. The van der Waals surface area contributed by atoms with E-state index in [1.165, 1.54) is 5.56 Å². The van der Waals surface area contributed by atoms with Gasteiger partial charge < -0.3 is 9.80 Å². The van der Waals surface area contributed by atoms with Crippen LogP contribution in [0.4, 0.5) is 5.69 Å². The summed E-state index contributed by atoms with van der Waals surface area (Å²) in [6.07, 6.45) is 5.26. The summed E-state index contributed by atoms with van der Waals surface area (Å²) < 4.78 is 0. The van der Waals surface area contributed by atoms with Crippen LogP contribution < -0.4 is 4.90 Å². The fourth-order valence-electron chi connectivity index (χ4n) is 5.36. The Labute approximate surface area is 182 Å². The molecule has 30 heavy (non-hydrogen) atoms. The second-order valence-corrected chi connectivity index (χ2v) is 9.32. The van der Waals surface area contributed by atoms with Crippen molar-refractivity contribution in [1.29, 1.82) is 0 Å². The predicted octanol–water partition coefficient (Wildman–Crippen LogP) is 4.59. The highest BCUT2D eigenvalue weighted by Crippen LogP contribution is 2.46. The Morgan fingerprint density at radius 3 is 2.43 bits per heavy atom. The molecule has 5 heteroatoms. The molecular weight excluding hydrogens is 396 g/mol. The van der Waals surface area contributed by atoms with Crippen LogP contribution in [0.1, 0.15) is 43.2 Å². The zero-order chi connectivity index (χ0) is 20.7. The number of piperidine rings is 1. The van der Waals surface area contributed by atoms with Gasteiger partial charge in [0.25, 0.3) is 0 Å². The fourth-order valence-corrected chi connectivity index (χ4v) is 5.55. The summed E-state index contributed by atoms with van der Waals surface area (Å²) in [5.41, 5.74) is 2.94. The Kier molecular flexibility index (Phi) is 5.06. The maximum Gasteiger partial charge on any atom is 0.233 e. The van der Waals surface area contributed by atoms with Gasteiger partial charge in [-0.15, -0.1) is 0 Å². The zero-order valence-corrected chi connectivity index (χ0v) is 17.9. The van der Waals surface area contributed by atoms with E-state index < -0.39 is 5.41 Å². The lowest BCUT2D eigenvalue weighted by molar-refractivity contribution is -0.143. The number of nitrogens with zero attached hydrogens (tertiary/aromatic N) is 2. The van der Waals surface area contributed by atoms with Crippen LogP contribution in [0.25, 0.3) is 0 Å². The summed E-state index contributed by atoms with van der Waals surface area (Å²) in [5, 5.41) is 0.682. The Balaban J connectivity index is 1.26. The molecule has 4 nitrogen and oxygen atoms in total. The van der Waals surface area contributed by atoms with E-state index in [4.69, 9.17) is 11.6 Å². The first-order valence-corrected chi connectivity index (χ1v) is 11.4. The molecule has 5 rings (SSSR count). The molecule has 0 aromatic heterocycles. The molecular formula is C25H27ClN2O2. The molecule has 1 saturated heterocycles. The number of rotatable bonds is 3. The second-order valence-electron chi connectivity index (χ2n) is 8.88. The van der Waals surface area contributed by atoms with Crippen LogP contribution in [-0.4, -0.2) is 36.3 Å². The molecule has 1 aliphatic carbocycles. The number of likely N-dealkylation sites (tertiary alicyclic amines) is 1. The number of amides is 2. The maximum absolute atomic E-state index is 13.5. The van der Waals surface area contributed by atoms with Crippen molar-refractivity contribution in [1.82, 2.24) is 4.90 Å². The Morgan fingerprint density at radius 1 is 0.967 bits per heavy atom. The van der Waals surface area contributed by atoms with E-state index in [1.54, 1.807) is 0 Å². The normalized spacial score (nSPS) is 20.6. The number of carbonyl (C=O) groups excluding carboxylic acids is 2. The number of anilines is 1. The van der Waals surface area contributed by atoms with Crippen molar-refractivity contribution in [3.05, 3.63) is 64.7 Å². The van der Waals surface area contributed by atoms with Gasteiger partial charge >= 0.3 is 0 Å². The van der Waals surface area contributed by atoms with Crippen LogP contribution in [0.2, 0.25) is 5.02 Å². The molecule has 1 saturated carbocycles. The Hall–Kier alpha value is -2.33. The third kappa shape index (κ3) is 3.22. The predicted molar refractivity (Wildman–Crippen MR) is 119 cm³/mol. The molecule has 2 aliphatic heterocycles. The molecule has 0 spiro atoms. The lowest BCUT2D eigenvalue weighted by atomic mass is 9.63. The molecule has 0 N–H and O–H groups in total. The van der Waals surface area contributed by atoms with Crippen molar-refractivity contribution < 1.29 is 9.59 Å². The first-order chi connectivity index (χ1) is 14.6. The first-order valence-electron chi connectivity index (χ1n) is 11.0. The summed E-state index contributed by atoms with van der Waals surface area (Å²) >= 11 is 6.21. The molecule has 2 aromatic rings. The largest absolute Gasteiger partial charge is 0.342 e. The van der Waals surface area contributed by atoms with Crippen molar-refractivity contribution in [3.8, 4) is 0 Å². The van der Waals surface area contributed by atoms with E-state index in [1.807, 2.05) is 52.3 Å².